The topological polar surface area (TPSA) is 131 Å². The maximum absolute atomic E-state index is 13.1. The van der Waals surface area contributed by atoms with Crippen LogP contribution in [0.2, 0.25) is 0 Å². The summed E-state index contributed by atoms with van der Waals surface area (Å²) in [6.07, 6.45) is 1.69. The smallest absolute Gasteiger partial charge is 0.271 e. The predicted octanol–water partition coefficient (Wildman–Crippen LogP) is 4.39. The molecule has 172 valence electrons. The molecule has 0 aliphatic rings. The molecule has 4 aromatic rings. The molecule has 1 amide bonds. The third-order valence-corrected chi connectivity index (χ3v) is 5.11. The van der Waals surface area contributed by atoms with Gasteiger partial charge < -0.3 is 15.6 Å². The van der Waals surface area contributed by atoms with Crippen molar-refractivity contribution in [2.75, 3.05) is 11.9 Å². The molecule has 0 aliphatic heterocycles. The second-order valence-corrected chi connectivity index (χ2v) is 7.40. The van der Waals surface area contributed by atoms with Gasteiger partial charge in [0.25, 0.3) is 11.6 Å². The van der Waals surface area contributed by atoms with Gasteiger partial charge in [0.05, 0.1) is 10.4 Å². The molecule has 0 fully saturated rings. The monoisotopic (exact) mass is 462 g/mol. The fraction of sp³-hybridized carbons (Fsp3) is 0.0833. The van der Waals surface area contributed by atoms with Gasteiger partial charge in [0, 0.05) is 42.0 Å². The van der Waals surface area contributed by atoms with Crippen LogP contribution in [0.5, 0.6) is 0 Å². The number of fused-ring (bicyclic) bond motifs is 1. The van der Waals surface area contributed by atoms with Crippen LogP contribution < -0.4 is 5.32 Å². The van der Waals surface area contributed by atoms with Crippen LogP contribution in [0.4, 0.5) is 15.8 Å². The number of nitro benzene ring substituents is 1. The van der Waals surface area contributed by atoms with E-state index in [-0.39, 0.29) is 35.9 Å². The van der Waals surface area contributed by atoms with E-state index >= 15 is 0 Å². The molecule has 34 heavy (non-hydrogen) atoms. The molecule has 0 saturated carbocycles. The number of hydrogen-bond acceptors (Lipinski definition) is 6. The third kappa shape index (κ3) is 4.76. The van der Waals surface area contributed by atoms with Gasteiger partial charge in [0.1, 0.15) is 11.3 Å². The van der Waals surface area contributed by atoms with Crippen molar-refractivity contribution < 1.29 is 24.4 Å². The van der Waals surface area contributed by atoms with E-state index in [9.17, 15) is 29.6 Å². The van der Waals surface area contributed by atoms with Crippen LogP contribution in [0.1, 0.15) is 12.0 Å². The summed E-state index contributed by atoms with van der Waals surface area (Å²) in [5.74, 6) is -0.626. The van der Waals surface area contributed by atoms with Crippen LogP contribution in [-0.2, 0) is 4.79 Å². The van der Waals surface area contributed by atoms with Crippen LogP contribution in [0.25, 0.3) is 28.5 Å². The average Bonchev–Trinajstić information content (AvgIpc) is 3.16. The number of non-ortho nitro benzene ring substituents is 1. The molecule has 10 heteroatoms. The second-order valence-electron chi connectivity index (χ2n) is 7.40. The third-order valence-electron chi connectivity index (χ3n) is 5.11. The Morgan fingerprint density at radius 1 is 1.12 bits per heavy atom. The lowest BCUT2D eigenvalue weighted by atomic mass is 10.1. The summed E-state index contributed by atoms with van der Waals surface area (Å²) in [4.78, 5) is 27.5. The number of aromatic nitrogens is 2. The lowest BCUT2D eigenvalue weighted by Gasteiger charge is -2.09. The van der Waals surface area contributed by atoms with Gasteiger partial charge in [-0.15, -0.1) is 0 Å². The minimum Gasteiger partial charge on any atom is -0.426 e. The Kier molecular flexibility index (Phi) is 6.33. The molecule has 9 nitrogen and oxygen atoms in total. The number of imidazole rings is 1. The Labute approximate surface area is 192 Å². The van der Waals surface area contributed by atoms with Crippen molar-refractivity contribution in [1.29, 1.82) is 0 Å². The van der Waals surface area contributed by atoms with Gasteiger partial charge in [-0.25, -0.2) is 9.37 Å². The second kappa shape index (κ2) is 9.51. The largest absolute Gasteiger partial charge is 0.426 e. The van der Waals surface area contributed by atoms with Crippen molar-refractivity contribution in [3.63, 3.8) is 0 Å². The lowest BCUT2D eigenvalue weighted by molar-refractivity contribution is -0.384. The quantitative estimate of drug-likeness (QED) is 0.162. The standard InChI is InChI=1S/C24H19FN4O5/c25-18-5-1-15(2-6-18)13-17(11-12-30)24(31)26-19-7-3-16(4-8-19)23-27-21-10-9-20(29(33)34)14-22(21)28(23)32/h1-10,13-14,30,32H,11-12H2,(H,26,31)/b17-13+. The Morgan fingerprint density at radius 2 is 1.82 bits per heavy atom. The van der Waals surface area contributed by atoms with Gasteiger partial charge in [0.15, 0.2) is 5.82 Å². The number of amides is 1. The SMILES string of the molecule is O=C(Nc1ccc(-c2nc3ccc([N+](=O)[O-])cc3n2O)cc1)/C(=C/c1ccc(F)cc1)CCO. The van der Waals surface area contributed by atoms with Crippen molar-refractivity contribution in [3.05, 3.63) is 93.8 Å². The molecule has 0 radical (unpaired) electrons. The van der Waals surface area contributed by atoms with Crippen LogP contribution in [0, 0.1) is 15.9 Å². The average molecular weight is 462 g/mol. The zero-order chi connectivity index (χ0) is 24.2. The minimum absolute atomic E-state index is 0.113. The number of nitro groups is 1. The molecule has 0 unspecified atom stereocenters. The first-order valence-electron chi connectivity index (χ1n) is 10.2. The van der Waals surface area contributed by atoms with E-state index in [0.717, 1.165) is 4.73 Å². The highest BCUT2D eigenvalue weighted by molar-refractivity contribution is 6.06. The van der Waals surface area contributed by atoms with Crippen LogP contribution in [0.15, 0.2) is 72.3 Å². The molecular formula is C24H19FN4O5. The highest BCUT2D eigenvalue weighted by atomic mass is 19.1. The molecule has 0 spiro atoms. The fourth-order valence-corrected chi connectivity index (χ4v) is 3.40. The summed E-state index contributed by atoms with van der Waals surface area (Å²) in [5, 5.41) is 33.5. The van der Waals surface area contributed by atoms with E-state index in [2.05, 4.69) is 10.3 Å². The number of nitrogens with one attached hydrogen (secondary N) is 1. The number of halogens is 1. The number of benzene rings is 3. The summed E-state index contributed by atoms with van der Waals surface area (Å²) in [6, 6.07) is 16.1. The molecule has 3 aromatic carbocycles. The van der Waals surface area contributed by atoms with E-state index in [1.807, 2.05) is 0 Å². The van der Waals surface area contributed by atoms with Gasteiger partial charge in [-0.1, -0.05) is 12.1 Å². The van der Waals surface area contributed by atoms with Crippen LogP contribution in [-0.4, -0.2) is 37.5 Å². The summed E-state index contributed by atoms with van der Waals surface area (Å²) in [6.45, 7) is -0.232. The number of carbonyl (C=O) groups is 1. The number of aliphatic hydroxyl groups is 1. The molecule has 4 rings (SSSR count). The van der Waals surface area contributed by atoms with Gasteiger partial charge in [-0.05, 0) is 54.1 Å². The molecule has 0 aliphatic carbocycles. The van der Waals surface area contributed by atoms with Crippen molar-refractivity contribution >= 4 is 34.4 Å². The number of nitrogens with zero attached hydrogens (tertiary/aromatic N) is 3. The Balaban J connectivity index is 1.55. The first-order valence-corrected chi connectivity index (χ1v) is 10.2. The fourth-order valence-electron chi connectivity index (χ4n) is 3.40. The van der Waals surface area contributed by atoms with Crippen LogP contribution in [0.3, 0.4) is 0 Å². The zero-order valence-electron chi connectivity index (χ0n) is 17.7. The Morgan fingerprint density at radius 3 is 2.47 bits per heavy atom. The molecule has 0 bridgehead atoms. The first kappa shape index (κ1) is 22.6. The van der Waals surface area contributed by atoms with Gasteiger partial charge in [-0.2, -0.15) is 4.73 Å². The van der Waals surface area contributed by atoms with Gasteiger partial charge in [-0.3, -0.25) is 14.9 Å². The molecule has 0 atom stereocenters. The maximum Gasteiger partial charge on any atom is 0.271 e. The predicted molar refractivity (Wildman–Crippen MR) is 124 cm³/mol. The number of aliphatic hydroxyl groups excluding tert-OH is 1. The number of rotatable bonds is 7. The van der Waals surface area contributed by atoms with E-state index in [0.29, 0.717) is 27.9 Å². The highest BCUT2D eigenvalue weighted by Crippen LogP contribution is 2.27. The molecule has 3 N–H and O–H groups in total. The normalized spacial score (nSPS) is 11.5. The Hall–Kier alpha value is -4.57. The molecule has 0 saturated heterocycles. The summed E-state index contributed by atoms with van der Waals surface area (Å²) >= 11 is 0. The molecule has 1 aromatic heterocycles. The minimum atomic E-state index is -0.556. The summed E-state index contributed by atoms with van der Waals surface area (Å²) in [5.41, 5.74) is 2.35. The van der Waals surface area contributed by atoms with Crippen molar-refractivity contribution in [1.82, 2.24) is 9.71 Å². The highest BCUT2D eigenvalue weighted by Gasteiger charge is 2.16. The van der Waals surface area contributed by atoms with E-state index in [4.69, 9.17) is 0 Å². The van der Waals surface area contributed by atoms with E-state index in [1.54, 1.807) is 30.3 Å². The Bertz CT molecular complexity index is 1400. The molecule has 1 heterocycles. The summed E-state index contributed by atoms with van der Waals surface area (Å²) in [7, 11) is 0. The lowest BCUT2D eigenvalue weighted by Crippen LogP contribution is -2.15. The van der Waals surface area contributed by atoms with Crippen molar-refractivity contribution in [2.45, 2.75) is 6.42 Å². The van der Waals surface area contributed by atoms with Gasteiger partial charge >= 0.3 is 0 Å². The van der Waals surface area contributed by atoms with E-state index < -0.39 is 10.8 Å². The summed E-state index contributed by atoms with van der Waals surface area (Å²) < 4.78 is 13.9. The number of anilines is 1. The van der Waals surface area contributed by atoms with Crippen LogP contribution >= 0.6 is 0 Å². The van der Waals surface area contributed by atoms with Crippen molar-refractivity contribution in [3.8, 4) is 11.4 Å². The number of carbonyl (C=O) groups excluding carboxylic acids is 1. The van der Waals surface area contributed by atoms with Gasteiger partial charge in [0.2, 0.25) is 0 Å². The van der Waals surface area contributed by atoms with E-state index in [1.165, 1.54) is 42.5 Å². The molecular weight excluding hydrogens is 443 g/mol. The zero-order valence-corrected chi connectivity index (χ0v) is 17.7. The first-order chi connectivity index (χ1) is 16.4. The van der Waals surface area contributed by atoms with Crippen molar-refractivity contribution in [2.24, 2.45) is 0 Å². The maximum atomic E-state index is 13.1. The number of hydrogen-bond donors (Lipinski definition) is 3.